The van der Waals surface area contributed by atoms with Gasteiger partial charge in [0.15, 0.2) is 0 Å². The van der Waals surface area contributed by atoms with Gasteiger partial charge in [-0.2, -0.15) is 4.98 Å². The van der Waals surface area contributed by atoms with E-state index in [1.54, 1.807) is 0 Å². The fourth-order valence-electron chi connectivity index (χ4n) is 2.32. The maximum Gasteiger partial charge on any atom is 0.227 e. The van der Waals surface area contributed by atoms with Crippen LogP contribution in [0.25, 0.3) is 0 Å². The molecule has 1 aromatic heterocycles. The van der Waals surface area contributed by atoms with Crippen molar-refractivity contribution in [3.63, 3.8) is 0 Å². The molecule has 1 fully saturated rings. The molecule has 0 spiro atoms. The van der Waals surface area contributed by atoms with Crippen LogP contribution in [0.5, 0.6) is 0 Å². The summed E-state index contributed by atoms with van der Waals surface area (Å²) in [7, 11) is 0. The van der Waals surface area contributed by atoms with Gasteiger partial charge in [-0.1, -0.05) is 11.2 Å². The zero-order chi connectivity index (χ0) is 15.5. The lowest BCUT2D eigenvalue weighted by Gasteiger charge is -2.31. The van der Waals surface area contributed by atoms with Gasteiger partial charge in [-0.3, -0.25) is 4.79 Å². The van der Waals surface area contributed by atoms with Crippen LogP contribution in [0.2, 0.25) is 0 Å². The van der Waals surface area contributed by atoms with Crippen molar-refractivity contribution in [2.75, 3.05) is 19.7 Å². The van der Waals surface area contributed by atoms with E-state index in [4.69, 9.17) is 4.74 Å². The van der Waals surface area contributed by atoms with E-state index in [9.17, 15) is 13.6 Å². The number of carbonyl (C=O) groups is 1. The van der Waals surface area contributed by atoms with E-state index in [1.165, 1.54) is 17.4 Å². The van der Waals surface area contributed by atoms with E-state index in [1.807, 2.05) is 0 Å². The third-order valence-corrected chi connectivity index (χ3v) is 3.48. The molecule has 0 N–H and O–H groups in total. The smallest absolute Gasteiger partial charge is 0.227 e. The highest BCUT2D eigenvalue weighted by atomic mass is 19.1. The molecular formula is C14H13F2N3O3. The summed E-state index contributed by atoms with van der Waals surface area (Å²) in [4.78, 5) is 17.6. The van der Waals surface area contributed by atoms with Gasteiger partial charge in [0, 0.05) is 12.1 Å². The van der Waals surface area contributed by atoms with Crippen molar-refractivity contribution < 1.29 is 22.8 Å². The summed E-state index contributed by atoms with van der Waals surface area (Å²) in [6.45, 7) is 0.863. The molecule has 0 aliphatic carbocycles. The second-order valence-corrected chi connectivity index (χ2v) is 4.87. The van der Waals surface area contributed by atoms with Crippen molar-refractivity contribution in [3.8, 4) is 0 Å². The van der Waals surface area contributed by atoms with E-state index in [0.29, 0.717) is 19.0 Å². The van der Waals surface area contributed by atoms with Crippen LogP contribution in [0.4, 0.5) is 8.78 Å². The number of amides is 1. The SMILES string of the molecule is O=C(Cc1c(F)cccc1F)N1CCO[C@H](c2ncon2)C1. The van der Waals surface area contributed by atoms with E-state index >= 15 is 0 Å². The topological polar surface area (TPSA) is 68.5 Å². The lowest BCUT2D eigenvalue weighted by atomic mass is 10.1. The van der Waals surface area contributed by atoms with Gasteiger partial charge in [0.1, 0.15) is 17.7 Å². The van der Waals surface area contributed by atoms with Gasteiger partial charge in [-0.05, 0) is 12.1 Å². The zero-order valence-electron chi connectivity index (χ0n) is 11.5. The number of nitrogens with zero attached hydrogens (tertiary/aromatic N) is 3. The molecule has 0 bridgehead atoms. The Hall–Kier alpha value is -2.35. The normalized spacial score (nSPS) is 18.5. The first-order valence-electron chi connectivity index (χ1n) is 6.73. The highest BCUT2D eigenvalue weighted by molar-refractivity contribution is 5.79. The standard InChI is InChI=1S/C14H13F2N3O3/c15-10-2-1-3-11(16)9(10)6-13(20)19-4-5-21-12(7-19)14-17-8-22-18-14/h1-3,8,12H,4-7H2/t12-/m0/s1. The van der Waals surface area contributed by atoms with Crippen molar-refractivity contribution in [3.05, 3.63) is 47.6 Å². The van der Waals surface area contributed by atoms with Crippen LogP contribution >= 0.6 is 0 Å². The quantitative estimate of drug-likeness (QED) is 0.859. The van der Waals surface area contributed by atoms with Gasteiger partial charge in [0.25, 0.3) is 0 Å². The van der Waals surface area contributed by atoms with E-state index in [0.717, 1.165) is 12.1 Å². The molecule has 1 saturated heterocycles. The fourth-order valence-corrected chi connectivity index (χ4v) is 2.32. The number of benzene rings is 1. The monoisotopic (exact) mass is 309 g/mol. The highest BCUT2D eigenvalue weighted by Crippen LogP contribution is 2.20. The number of carbonyl (C=O) groups excluding carboxylic acids is 1. The molecule has 1 aliphatic heterocycles. The second-order valence-electron chi connectivity index (χ2n) is 4.87. The van der Waals surface area contributed by atoms with Gasteiger partial charge in [0.2, 0.25) is 18.1 Å². The van der Waals surface area contributed by atoms with Crippen LogP contribution < -0.4 is 0 Å². The molecule has 1 amide bonds. The second kappa shape index (κ2) is 6.18. The van der Waals surface area contributed by atoms with Crippen LogP contribution in [-0.4, -0.2) is 40.6 Å². The molecule has 22 heavy (non-hydrogen) atoms. The van der Waals surface area contributed by atoms with Crippen molar-refractivity contribution >= 4 is 5.91 Å². The Kier molecular flexibility index (Phi) is 4.10. The van der Waals surface area contributed by atoms with Crippen molar-refractivity contribution in [2.45, 2.75) is 12.5 Å². The first-order valence-corrected chi connectivity index (χ1v) is 6.73. The predicted molar refractivity (Wildman–Crippen MR) is 69.6 cm³/mol. The van der Waals surface area contributed by atoms with Gasteiger partial charge in [-0.15, -0.1) is 0 Å². The van der Waals surface area contributed by atoms with Gasteiger partial charge in [0.05, 0.1) is 19.6 Å². The zero-order valence-corrected chi connectivity index (χ0v) is 11.5. The molecule has 3 rings (SSSR count). The maximum atomic E-state index is 13.6. The van der Waals surface area contributed by atoms with Crippen LogP contribution in [0.1, 0.15) is 17.5 Å². The van der Waals surface area contributed by atoms with Crippen LogP contribution in [0, 0.1) is 11.6 Å². The Morgan fingerprint density at radius 3 is 2.82 bits per heavy atom. The minimum absolute atomic E-state index is 0.217. The Morgan fingerprint density at radius 2 is 2.14 bits per heavy atom. The van der Waals surface area contributed by atoms with E-state index in [-0.39, 0.29) is 24.4 Å². The van der Waals surface area contributed by atoms with Crippen molar-refractivity contribution in [1.82, 2.24) is 15.0 Å². The molecule has 0 radical (unpaired) electrons. The number of hydrogen-bond donors (Lipinski definition) is 0. The summed E-state index contributed by atoms with van der Waals surface area (Å²) >= 11 is 0. The minimum atomic E-state index is -0.726. The number of rotatable bonds is 3. The van der Waals surface area contributed by atoms with E-state index in [2.05, 4.69) is 14.7 Å². The lowest BCUT2D eigenvalue weighted by Crippen LogP contribution is -2.43. The molecule has 8 heteroatoms. The third kappa shape index (κ3) is 2.96. The average molecular weight is 309 g/mol. The van der Waals surface area contributed by atoms with Gasteiger partial charge in [-0.25, -0.2) is 8.78 Å². The molecule has 116 valence electrons. The van der Waals surface area contributed by atoms with Crippen LogP contribution in [0.3, 0.4) is 0 Å². The predicted octanol–water partition coefficient (Wildman–Crippen LogP) is 1.49. The Balaban J connectivity index is 1.70. The molecule has 1 atom stereocenters. The van der Waals surface area contributed by atoms with E-state index < -0.39 is 17.7 Å². The van der Waals surface area contributed by atoms with Crippen LogP contribution in [0.15, 0.2) is 29.1 Å². The largest absolute Gasteiger partial charge is 0.366 e. The number of hydrogen-bond acceptors (Lipinski definition) is 5. The molecular weight excluding hydrogens is 296 g/mol. The first kappa shape index (κ1) is 14.6. The fraction of sp³-hybridized carbons (Fsp3) is 0.357. The average Bonchev–Trinajstić information content (AvgIpc) is 3.05. The number of ether oxygens (including phenoxy) is 1. The molecule has 0 saturated carbocycles. The van der Waals surface area contributed by atoms with Crippen LogP contribution in [-0.2, 0) is 16.0 Å². The Bertz CT molecular complexity index is 643. The number of aromatic nitrogens is 2. The number of halogens is 2. The van der Waals surface area contributed by atoms with Gasteiger partial charge >= 0.3 is 0 Å². The Morgan fingerprint density at radius 1 is 1.36 bits per heavy atom. The summed E-state index contributed by atoms with van der Waals surface area (Å²) in [6.07, 6.45) is 0.341. The molecule has 0 unspecified atom stereocenters. The molecule has 1 aliphatic rings. The molecule has 2 aromatic rings. The molecule has 1 aromatic carbocycles. The summed E-state index contributed by atoms with van der Waals surface area (Å²) < 4.78 is 37.3. The van der Waals surface area contributed by atoms with Crippen molar-refractivity contribution in [2.24, 2.45) is 0 Å². The first-order chi connectivity index (χ1) is 10.6. The molecule has 6 nitrogen and oxygen atoms in total. The summed E-state index contributed by atoms with van der Waals surface area (Å²) in [6, 6.07) is 3.53. The van der Waals surface area contributed by atoms with Crippen molar-refractivity contribution in [1.29, 1.82) is 0 Å². The minimum Gasteiger partial charge on any atom is -0.366 e. The summed E-state index contributed by atoms with van der Waals surface area (Å²) in [5.41, 5.74) is -0.227. The lowest BCUT2D eigenvalue weighted by molar-refractivity contribution is -0.138. The number of morpholine rings is 1. The Labute approximate surface area is 124 Å². The summed E-state index contributed by atoms with van der Waals surface area (Å²) in [5.74, 6) is -1.48. The molecule has 2 heterocycles. The van der Waals surface area contributed by atoms with Gasteiger partial charge < -0.3 is 14.2 Å². The summed E-state index contributed by atoms with van der Waals surface area (Å²) in [5, 5.41) is 3.68. The maximum absolute atomic E-state index is 13.6. The highest BCUT2D eigenvalue weighted by Gasteiger charge is 2.28. The third-order valence-electron chi connectivity index (χ3n) is 3.48.